The SMILES string of the molecule is c1cc2c(cc1-n1nncc1CN1CCCNCC1)OCO2. The number of ether oxygens (including phenoxy) is 2. The molecule has 7 heteroatoms. The molecule has 0 radical (unpaired) electrons. The fourth-order valence-electron chi connectivity index (χ4n) is 2.89. The summed E-state index contributed by atoms with van der Waals surface area (Å²) in [6, 6.07) is 5.85. The highest BCUT2D eigenvalue weighted by Crippen LogP contribution is 2.33. The number of aromatic nitrogens is 3. The molecule has 3 heterocycles. The van der Waals surface area contributed by atoms with Crippen LogP contribution in [0.15, 0.2) is 24.4 Å². The van der Waals surface area contributed by atoms with Crippen molar-refractivity contribution in [3.05, 3.63) is 30.1 Å². The Morgan fingerprint density at radius 3 is 3.09 bits per heavy atom. The van der Waals surface area contributed by atoms with E-state index in [1.807, 2.05) is 29.1 Å². The van der Waals surface area contributed by atoms with Gasteiger partial charge in [-0.3, -0.25) is 4.90 Å². The molecule has 0 unspecified atom stereocenters. The van der Waals surface area contributed by atoms with Crippen LogP contribution in [-0.4, -0.2) is 52.9 Å². The Kier molecular flexibility index (Phi) is 3.65. The van der Waals surface area contributed by atoms with Crippen molar-refractivity contribution in [3.63, 3.8) is 0 Å². The van der Waals surface area contributed by atoms with Crippen LogP contribution in [0, 0.1) is 0 Å². The smallest absolute Gasteiger partial charge is 0.231 e. The molecular weight excluding hydrogens is 282 g/mol. The number of nitrogens with zero attached hydrogens (tertiary/aromatic N) is 4. The number of nitrogens with one attached hydrogen (secondary N) is 1. The fourth-order valence-corrected chi connectivity index (χ4v) is 2.89. The zero-order valence-electron chi connectivity index (χ0n) is 12.4. The number of rotatable bonds is 3. The van der Waals surface area contributed by atoms with Crippen LogP contribution in [0.25, 0.3) is 5.69 Å². The van der Waals surface area contributed by atoms with E-state index >= 15 is 0 Å². The molecule has 0 bridgehead atoms. The lowest BCUT2D eigenvalue weighted by atomic mass is 10.2. The van der Waals surface area contributed by atoms with Crippen LogP contribution in [0.2, 0.25) is 0 Å². The van der Waals surface area contributed by atoms with Gasteiger partial charge in [-0.1, -0.05) is 5.21 Å². The van der Waals surface area contributed by atoms with Crippen molar-refractivity contribution in [2.24, 2.45) is 0 Å². The van der Waals surface area contributed by atoms with Crippen molar-refractivity contribution < 1.29 is 9.47 Å². The normalized spacial score (nSPS) is 18.4. The highest BCUT2D eigenvalue weighted by molar-refractivity contribution is 5.50. The molecule has 1 aromatic heterocycles. The Morgan fingerprint density at radius 1 is 1.14 bits per heavy atom. The summed E-state index contributed by atoms with van der Waals surface area (Å²) in [4.78, 5) is 2.43. The van der Waals surface area contributed by atoms with Crippen molar-refractivity contribution in [3.8, 4) is 17.2 Å². The summed E-state index contributed by atoms with van der Waals surface area (Å²) >= 11 is 0. The second-order valence-electron chi connectivity index (χ2n) is 5.55. The molecule has 2 aliphatic rings. The van der Waals surface area contributed by atoms with Crippen LogP contribution < -0.4 is 14.8 Å². The Labute approximate surface area is 128 Å². The predicted molar refractivity (Wildman–Crippen MR) is 80.2 cm³/mol. The number of fused-ring (bicyclic) bond motifs is 1. The lowest BCUT2D eigenvalue weighted by Crippen LogP contribution is -2.28. The van der Waals surface area contributed by atoms with E-state index in [4.69, 9.17) is 9.47 Å². The molecule has 7 nitrogen and oxygen atoms in total. The molecule has 0 amide bonds. The van der Waals surface area contributed by atoms with Gasteiger partial charge in [-0.15, -0.1) is 5.10 Å². The van der Waals surface area contributed by atoms with Crippen molar-refractivity contribution in [1.29, 1.82) is 0 Å². The molecule has 1 fully saturated rings. The van der Waals surface area contributed by atoms with Crippen molar-refractivity contribution in [2.45, 2.75) is 13.0 Å². The van der Waals surface area contributed by atoms with Gasteiger partial charge >= 0.3 is 0 Å². The largest absolute Gasteiger partial charge is 0.454 e. The summed E-state index contributed by atoms with van der Waals surface area (Å²) in [7, 11) is 0. The maximum absolute atomic E-state index is 5.44. The minimum atomic E-state index is 0.282. The van der Waals surface area contributed by atoms with Crippen molar-refractivity contribution in [1.82, 2.24) is 25.2 Å². The van der Waals surface area contributed by atoms with E-state index in [2.05, 4.69) is 20.5 Å². The molecule has 22 heavy (non-hydrogen) atoms. The second-order valence-corrected chi connectivity index (χ2v) is 5.55. The molecule has 0 aliphatic carbocycles. The molecule has 1 N–H and O–H groups in total. The van der Waals surface area contributed by atoms with Gasteiger partial charge in [0.25, 0.3) is 0 Å². The molecule has 4 rings (SSSR count). The minimum absolute atomic E-state index is 0.282. The fraction of sp³-hybridized carbons (Fsp3) is 0.467. The van der Waals surface area contributed by atoms with Crippen LogP contribution in [-0.2, 0) is 6.54 Å². The molecule has 1 aromatic carbocycles. The lowest BCUT2D eigenvalue weighted by Gasteiger charge is -2.19. The maximum Gasteiger partial charge on any atom is 0.231 e. The highest BCUT2D eigenvalue weighted by Gasteiger charge is 2.17. The Bertz CT molecular complexity index is 649. The average molecular weight is 301 g/mol. The van der Waals surface area contributed by atoms with Crippen LogP contribution >= 0.6 is 0 Å². The summed E-state index contributed by atoms with van der Waals surface area (Å²) in [5, 5.41) is 11.7. The summed E-state index contributed by atoms with van der Waals surface area (Å²) in [6.07, 6.45) is 3.01. The van der Waals surface area contributed by atoms with Gasteiger partial charge in [0.1, 0.15) is 0 Å². The van der Waals surface area contributed by atoms with Gasteiger partial charge < -0.3 is 14.8 Å². The van der Waals surface area contributed by atoms with E-state index in [1.54, 1.807) is 0 Å². The van der Waals surface area contributed by atoms with Crippen LogP contribution in [0.5, 0.6) is 11.5 Å². The Hall–Kier alpha value is -2.12. The standard InChI is InChI=1S/C15H19N5O2/c1-4-16-5-7-19(6-1)10-13-9-17-18-20(13)12-2-3-14-15(8-12)22-11-21-14/h2-3,8-9,16H,1,4-7,10-11H2. The first kappa shape index (κ1) is 13.5. The maximum atomic E-state index is 5.44. The minimum Gasteiger partial charge on any atom is -0.454 e. The molecule has 0 saturated carbocycles. The highest BCUT2D eigenvalue weighted by atomic mass is 16.7. The first-order valence-corrected chi connectivity index (χ1v) is 7.63. The van der Waals surface area contributed by atoms with Gasteiger partial charge in [0.2, 0.25) is 6.79 Å². The molecule has 0 spiro atoms. The van der Waals surface area contributed by atoms with Gasteiger partial charge in [0.05, 0.1) is 17.6 Å². The van der Waals surface area contributed by atoms with E-state index in [0.717, 1.165) is 55.6 Å². The molecule has 2 aromatic rings. The molecule has 1 saturated heterocycles. The van der Waals surface area contributed by atoms with Gasteiger partial charge in [-0.25, -0.2) is 4.68 Å². The van der Waals surface area contributed by atoms with Crippen LogP contribution in [0.4, 0.5) is 0 Å². The van der Waals surface area contributed by atoms with Crippen molar-refractivity contribution >= 4 is 0 Å². The number of hydrogen-bond acceptors (Lipinski definition) is 6. The van der Waals surface area contributed by atoms with Gasteiger partial charge in [-0.2, -0.15) is 0 Å². The zero-order chi connectivity index (χ0) is 14.8. The quantitative estimate of drug-likeness (QED) is 0.904. The first-order chi connectivity index (χ1) is 10.9. The van der Waals surface area contributed by atoms with Crippen LogP contribution in [0.3, 0.4) is 0 Å². The third kappa shape index (κ3) is 2.65. The molecular formula is C15H19N5O2. The average Bonchev–Trinajstić information content (AvgIpc) is 3.11. The monoisotopic (exact) mass is 301 g/mol. The van der Waals surface area contributed by atoms with E-state index < -0.39 is 0 Å². The lowest BCUT2D eigenvalue weighted by molar-refractivity contribution is 0.174. The van der Waals surface area contributed by atoms with Crippen molar-refractivity contribution in [2.75, 3.05) is 33.0 Å². The predicted octanol–water partition coefficient (Wildman–Crippen LogP) is 0.791. The van der Waals surface area contributed by atoms with Gasteiger partial charge in [0, 0.05) is 25.7 Å². The number of benzene rings is 1. The van der Waals surface area contributed by atoms with E-state index in [9.17, 15) is 0 Å². The molecule has 0 atom stereocenters. The summed E-state index contributed by atoms with van der Waals surface area (Å²) in [5.41, 5.74) is 2.03. The molecule has 2 aliphatic heterocycles. The van der Waals surface area contributed by atoms with Gasteiger partial charge in [0.15, 0.2) is 11.5 Å². The van der Waals surface area contributed by atoms with Crippen LogP contribution in [0.1, 0.15) is 12.1 Å². The zero-order valence-corrected chi connectivity index (χ0v) is 12.4. The summed E-state index contributed by atoms with van der Waals surface area (Å²) in [6.45, 7) is 5.40. The Balaban J connectivity index is 1.57. The summed E-state index contributed by atoms with van der Waals surface area (Å²) < 4.78 is 12.7. The third-order valence-corrected chi connectivity index (χ3v) is 4.04. The van der Waals surface area contributed by atoms with E-state index in [0.29, 0.717) is 0 Å². The van der Waals surface area contributed by atoms with E-state index in [1.165, 1.54) is 6.42 Å². The third-order valence-electron chi connectivity index (χ3n) is 4.04. The first-order valence-electron chi connectivity index (χ1n) is 7.63. The Morgan fingerprint density at radius 2 is 2.09 bits per heavy atom. The number of hydrogen-bond donors (Lipinski definition) is 1. The summed E-state index contributed by atoms with van der Waals surface area (Å²) in [5.74, 6) is 1.54. The van der Waals surface area contributed by atoms with E-state index in [-0.39, 0.29) is 6.79 Å². The van der Waals surface area contributed by atoms with Gasteiger partial charge in [-0.05, 0) is 31.6 Å². The second kappa shape index (κ2) is 5.94. The topological polar surface area (TPSA) is 64.4 Å². The molecule has 116 valence electrons.